The molecule has 1 N–H and O–H groups in total. The first-order valence-electron chi connectivity index (χ1n) is 13.0. The van der Waals surface area contributed by atoms with Gasteiger partial charge in [-0.3, -0.25) is 14.5 Å². The molecule has 1 heterocycles. The Bertz CT molecular complexity index is 1280. The van der Waals surface area contributed by atoms with Crippen LogP contribution in [-0.4, -0.2) is 58.3 Å². The number of hydrogen-bond donors (Lipinski definition) is 1. The summed E-state index contributed by atoms with van der Waals surface area (Å²) in [7, 11) is 3.12. The van der Waals surface area contributed by atoms with Gasteiger partial charge >= 0.3 is 0 Å². The number of anilines is 1. The van der Waals surface area contributed by atoms with Crippen LogP contribution in [0, 0.1) is 13.8 Å². The van der Waals surface area contributed by atoms with Crippen LogP contribution >= 0.6 is 0 Å². The third kappa shape index (κ3) is 5.95. The predicted molar refractivity (Wildman–Crippen MR) is 144 cm³/mol. The van der Waals surface area contributed by atoms with Crippen molar-refractivity contribution in [3.63, 3.8) is 0 Å². The van der Waals surface area contributed by atoms with Crippen molar-refractivity contribution in [3.8, 4) is 22.9 Å². The molecule has 0 aliphatic heterocycles. The van der Waals surface area contributed by atoms with Crippen molar-refractivity contribution in [2.45, 2.75) is 71.5 Å². The molecule has 0 spiro atoms. The minimum atomic E-state index is -0.655. The normalized spacial score (nSPS) is 14.2. The molecule has 1 aliphatic rings. The molecular weight excluding hydrogens is 484 g/mol. The molecule has 0 bridgehead atoms. The third-order valence-corrected chi connectivity index (χ3v) is 6.97. The lowest BCUT2D eigenvalue weighted by Crippen LogP contribution is -2.52. The molecule has 202 valence electrons. The fraction of sp³-hybridized carbons (Fsp3) is 0.464. The van der Waals surface area contributed by atoms with E-state index in [2.05, 4.69) is 20.7 Å². The van der Waals surface area contributed by atoms with E-state index < -0.39 is 6.04 Å². The Hall–Kier alpha value is -3.95. The first-order valence-corrected chi connectivity index (χ1v) is 13.0. The van der Waals surface area contributed by atoms with Gasteiger partial charge in [0, 0.05) is 17.3 Å². The first kappa shape index (κ1) is 27.1. The second-order valence-electron chi connectivity index (χ2n) is 9.68. The molecule has 3 aromatic rings. The monoisotopic (exact) mass is 520 g/mol. The minimum absolute atomic E-state index is 0.133. The highest BCUT2D eigenvalue weighted by Gasteiger charge is 2.33. The van der Waals surface area contributed by atoms with Crippen LogP contribution in [0.3, 0.4) is 0 Å². The molecule has 38 heavy (non-hydrogen) atoms. The molecule has 0 unspecified atom stereocenters. The summed E-state index contributed by atoms with van der Waals surface area (Å²) >= 11 is 0. The van der Waals surface area contributed by atoms with Crippen LogP contribution in [0.4, 0.5) is 5.69 Å². The fourth-order valence-corrected chi connectivity index (χ4v) is 4.91. The molecule has 1 aliphatic carbocycles. The van der Waals surface area contributed by atoms with Crippen molar-refractivity contribution in [2.75, 3.05) is 19.1 Å². The number of nitrogens with one attached hydrogen (secondary N) is 1. The zero-order valence-corrected chi connectivity index (χ0v) is 22.7. The second kappa shape index (κ2) is 12.1. The summed E-state index contributed by atoms with van der Waals surface area (Å²) < 4.78 is 10.7. The third-order valence-electron chi connectivity index (χ3n) is 6.97. The van der Waals surface area contributed by atoms with Crippen molar-refractivity contribution in [1.29, 1.82) is 0 Å². The first-order chi connectivity index (χ1) is 18.3. The Kier molecular flexibility index (Phi) is 8.60. The molecular formula is C28H36N6O4. The van der Waals surface area contributed by atoms with Crippen molar-refractivity contribution in [1.82, 2.24) is 25.5 Å². The molecule has 10 heteroatoms. The Balaban J connectivity index is 1.61. The number of hydrogen-bond acceptors (Lipinski definition) is 7. The zero-order chi connectivity index (χ0) is 27.2. The maximum Gasteiger partial charge on any atom is 0.251 e. The molecule has 2 aromatic carbocycles. The number of tetrazole rings is 1. The van der Waals surface area contributed by atoms with Crippen molar-refractivity contribution >= 4 is 17.5 Å². The molecule has 1 fully saturated rings. The minimum Gasteiger partial charge on any atom is -0.493 e. The van der Waals surface area contributed by atoms with Crippen molar-refractivity contribution in [3.05, 3.63) is 47.5 Å². The summed E-state index contributed by atoms with van der Waals surface area (Å²) in [5.74, 6) is 1.06. The van der Waals surface area contributed by atoms with Crippen molar-refractivity contribution < 1.29 is 19.1 Å². The molecule has 0 radical (unpaired) electrons. The molecule has 0 saturated heterocycles. The van der Waals surface area contributed by atoms with Gasteiger partial charge in [0.15, 0.2) is 11.5 Å². The molecule has 1 saturated carbocycles. The van der Waals surface area contributed by atoms with Gasteiger partial charge in [0.25, 0.3) is 5.91 Å². The number of ether oxygens (including phenoxy) is 2. The van der Waals surface area contributed by atoms with Gasteiger partial charge in [0.2, 0.25) is 11.7 Å². The number of rotatable bonds is 10. The molecule has 1 atom stereocenters. The topological polar surface area (TPSA) is 111 Å². The summed E-state index contributed by atoms with van der Waals surface area (Å²) in [6, 6.07) is 10.7. The van der Waals surface area contributed by atoms with Gasteiger partial charge in [-0.15, -0.1) is 10.2 Å². The maximum absolute atomic E-state index is 13.8. The lowest BCUT2D eigenvalue weighted by atomic mass is 10.0. The van der Waals surface area contributed by atoms with Gasteiger partial charge in [-0.2, -0.15) is 4.80 Å². The molecule has 1 aromatic heterocycles. The van der Waals surface area contributed by atoms with Gasteiger partial charge in [-0.05, 0) is 73.7 Å². The summed E-state index contributed by atoms with van der Waals surface area (Å²) in [4.78, 5) is 30.1. The van der Waals surface area contributed by atoms with E-state index >= 15 is 0 Å². The number of nitrogens with zero attached hydrogens (tertiary/aromatic N) is 5. The van der Waals surface area contributed by atoms with Crippen LogP contribution < -0.4 is 19.7 Å². The summed E-state index contributed by atoms with van der Waals surface area (Å²) in [6.07, 6.45) is 4.64. The SMILES string of the molecule is CC[C@H](C(=O)NC1CCCC1)N(C(=O)Cn1nnc(-c2ccc(OC)c(OC)c2)n1)c1cc(C)ccc1C. The standard InChI is InChI=1S/C28H36N6O4/c1-6-22(28(36)29-21-9-7-8-10-21)34(23-15-18(2)11-12-19(23)3)26(35)17-33-31-27(30-32-33)20-13-14-24(37-4)25(16-20)38-5/h11-16,21-22H,6-10,17H2,1-5H3,(H,29,36)/t22-/m1/s1. The number of benzene rings is 2. The van der Waals surface area contributed by atoms with Gasteiger partial charge in [0.1, 0.15) is 12.6 Å². The van der Waals surface area contributed by atoms with E-state index in [1.807, 2.05) is 39.0 Å². The van der Waals surface area contributed by atoms with E-state index in [4.69, 9.17) is 9.47 Å². The number of methoxy groups -OCH3 is 2. The lowest BCUT2D eigenvalue weighted by molar-refractivity contribution is -0.127. The van der Waals surface area contributed by atoms with Crippen LogP contribution in [-0.2, 0) is 16.1 Å². The average Bonchev–Trinajstić information content (AvgIpc) is 3.60. The highest BCUT2D eigenvalue weighted by molar-refractivity contribution is 6.01. The number of aryl methyl sites for hydroxylation is 2. The number of amides is 2. The van der Waals surface area contributed by atoms with Crippen LogP contribution in [0.15, 0.2) is 36.4 Å². The van der Waals surface area contributed by atoms with Crippen LogP contribution in [0.1, 0.15) is 50.2 Å². The van der Waals surface area contributed by atoms with E-state index in [9.17, 15) is 9.59 Å². The van der Waals surface area contributed by atoms with Gasteiger partial charge in [-0.1, -0.05) is 31.9 Å². The van der Waals surface area contributed by atoms with E-state index in [-0.39, 0.29) is 24.4 Å². The lowest BCUT2D eigenvalue weighted by Gasteiger charge is -2.32. The Morgan fingerprint density at radius 2 is 1.82 bits per heavy atom. The van der Waals surface area contributed by atoms with Crippen LogP contribution in [0.2, 0.25) is 0 Å². The number of carbonyl (C=O) groups is 2. The van der Waals surface area contributed by atoms with Crippen LogP contribution in [0.25, 0.3) is 11.4 Å². The predicted octanol–water partition coefficient (Wildman–Crippen LogP) is 3.84. The van der Waals surface area contributed by atoms with E-state index in [0.717, 1.165) is 36.8 Å². The van der Waals surface area contributed by atoms with Gasteiger partial charge in [0.05, 0.1) is 14.2 Å². The van der Waals surface area contributed by atoms with E-state index in [0.29, 0.717) is 35.0 Å². The molecule has 2 amide bonds. The maximum atomic E-state index is 13.8. The Morgan fingerprint density at radius 3 is 2.50 bits per heavy atom. The highest BCUT2D eigenvalue weighted by atomic mass is 16.5. The Labute approximate surface area is 223 Å². The zero-order valence-electron chi connectivity index (χ0n) is 22.7. The largest absolute Gasteiger partial charge is 0.493 e. The van der Waals surface area contributed by atoms with Gasteiger partial charge < -0.3 is 14.8 Å². The number of aromatic nitrogens is 4. The molecule has 4 rings (SSSR count). The average molecular weight is 521 g/mol. The molecule has 10 nitrogen and oxygen atoms in total. The van der Waals surface area contributed by atoms with E-state index in [1.54, 1.807) is 37.3 Å². The summed E-state index contributed by atoms with van der Waals surface area (Å²) in [5.41, 5.74) is 3.30. The quantitative estimate of drug-likeness (QED) is 0.432. The Morgan fingerprint density at radius 1 is 1.08 bits per heavy atom. The van der Waals surface area contributed by atoms with Crippen molar-refractivity contribution in [2.24, 2.45) is 0 Å². The number of carbonyl (C=O) groups excluding carboxylic acids is 2. The summed E-state index contributed by atoms with van der Waals surface area (Å²) in [6.45, 7) is 5.67. The second-order valence-corrected chi connectivity index (χ2v) is 9.68. The smallest absolute Gasteiger partial charge is 0.251 e. The van der Waals surface area contributed by atoms with Gasteiger partial charge in [-0.25, -0.2) is 0 Å². The highest BCUT2D eigenvalue weighted by Crippen LogP contribution is 2.31. The summed E-state index contributed by atoms with van der Waals surface area (Å²) in [5, 5.41) is 15.9. The van der Waals surface area contributed by atoms with Crippen LogP contribution in [0.5, 0.6) is 11.5 Å². The fourth-order valence-electron chi connectivity index (χ4n) is 4.91. The van der Waals surface area contributed by atoms with E-state index in [1.165, 1.54) is 4.80 Å².